The zero-order chi connectivity index (χ0) is 16.8. The second kappa shape index (κ2) is 7.63. The number of rotatable bonds is 5. The van der Waals surface area contributed by atoms with Crippen LogP contribution in [-0.4, -0.2) is 42.2 Å². The van der Waals surface area contributed by atoms with E-state index in [-0.39, 0.29) is 6.03 Å². The summed E-state index contributed by atoms with van der Waals surface area (Å²) in [5.74, 6) is -0.396. The molecule has 5 heteroatoms. The number of amides is 1. The van der Waals surface area contributed by atoms with Gasteiger partial charge in [0.2, 0.25) is 0 Å². The van der Waals surface area contributed by atoms with Crippen LogP contribution in [0, 0.1) is 0 Å². The SMILES string of the molecule is CCCCOC(=O)/C=C/c1cc2ccccc2n1C(=O)N(C)C. The molecule has 0 bridgehead atoms. The number of hydrogen-bond donors (Lipinski definition) is 0. The Hall–Kier alpha value is -2.56. The number of hydrogen-bond acceptors (Lipinski definition) is 3. The van der Waals surface area contributed by atoms with Crippen molar-refractivity contribution in [3.8, 4) is 0 Å². The average Bonchev–Trinajstić information content (AvgIpc) is 2.90. The van der Waals surface area contributed by atoms with Gasteiger partial charge in [-0.15, -0.1) is 0 Å². The normalized spacial score (nSPS) is 11.1. The van der Waals surface area contributed by atoms with Crippen molar-refractivity contribution in [3.05, 3.63) is 42.1 Å². The number of esters is 1. The van der Waals surface area contributed by atoms with E-state index in [2.05, 4.69) is 0 Å². The van der Waals surface area contributed by atoms with Crippen LogP contribution in [-0.2, 0) is 9.53 Å². The van der Waals surface area contributed by atoms with E-state index < -0.39 is 5.97 Å². The minimum Gasteiger partial charge on any atom is -0.463 e. The van der Waals surface area contributed by atoms with Crippen molar-refractivity contribution in [2.75, 3.05) is 20.7 Å². The number of para-hydroxylation sites is 1. The highest BCUT2D eigenvalue weighted by Gasteiger charge is 2.15. The van der Waals surface area contributed by atoms with E-state index in [1.54, 1.807) is 24.7 Å². The van der Waals surface area contributed by atoms with Gasteiger partial charge in [-0.3, -0.25) is 4.57 Å². The van der Waals surface area contributed by atoms with E-state index in [1.165, 1.54) is 11.0 Å². The highest BCUT2D eigenvalue weighted by atomic mass is 16.5. The van der Waals surface area contributed by atoms with Crippen molar-refractivity contribution in [2.24, 2.45) is 0 Å². The van der Waals surface area contributed by atoms with Crippen LogP contribution in [0.15, 0.2) is 36.4 Å². The lowest BCUT2D eigenvalue weighted by Gasteiger charge is -2.13. The highest BCUT2D eigenvalue weighted by Crippen LogP contribution is 2.21. The first-order chi connectivity index (χ1) is 11.0. The standard InChI is InChI=1S/C18H22N2O3/c1-4-5-12-23-17(21)11-10-15-13-14-8-6-7-9-16(14)20(15)18(22)19(2)3/h6-11,13H,4-5,12H2,1-3H3/b11-10+. The van der Waals surface area contributed by atoms with Crippen molar-refractivity contribution in [1.29, 1.82) is 0 Å². The van der Waals surface area contributed by atoms with E-state index in [1.807, 2.05) is 37.3 Å². The lowest BCUT2D eigenvalue weighted by Crippen LogP contribution is -2.27. The fourth-order valence-electron chi connectivity index (χ4n) is 2.23. The summed E-state index contributed by atoms with van der Waals surface area (Å²) in [4.78, 5) is 25.6. The van der Waals surface area contributed by atoms with Crippen LogP contribution in [0.25, 0.3) is 17.0 Å². The van der Waals surface area contributed by atoms with Gasteiger partial charge in [-0.1, -0.05) is 31.5 Å². The van der Waals surface area contributed by atoms with Crippen molar-refractivity contribution >= 4 is 29.0 Å². The molecule has 0 aliphatic heterocycles. The molecule has 0 radical (unpaired) electrons. The lowest BCUT2D eigenvalue weighted by molar-refractivity contribution is -0.137. The molecule has 0 saturated heterocycles. The molecule has 2 aromatic rings. The Balaban J connectivity index is 2.31. The third kappa shape index (κ3) is 4.00. The highest BCUT2D eigenvalue weighted by molar-refractivity contribution is 5.96. The maximum Gasteiger partial charge on any atom is 0.330 e. The van der Waals surface area contributed by atoms with Crippen LogP contribution in [0.1, 0.15) is 25.5 Å². The summed E-state index contributed by atoms with van der Waals surface area (Å²) in [6.07, 6.45) is 4.81. The molecule has 5 nitrogen and oxygen atoms in total. The van der Waals surface area contributed by atoms with Crippen LogP contribution in [0.3, 0.4) is 0 Å². The van der Waals surface area contributed by atoms with Crippen molar-refractivity contribution in [1.82, 2.24) is 9.47 Å². The Kier molecular flexibility index (Phi) is 5.57. The number of fused-ring (bicyclic) bond motifs is 1. The number of nitrogens with zero attached hydrogens (tertiary/aromatic N) is 2. The number of benzene rings is 1. The van der Waals surface area contributed by atoms with Gasteiger partial charge in [0, 0.05) is 25.6 Å². The number of unbranched alkanes of at least 4 members (excludes halogenated alkanes) is 1. The molecule has 0 aliphatic carbocycles. The second-order valence-electron chi connectivity index (χ2n) is 5.49. The minimum atomic E-state index is -0.396. The van der Waals surface area contributed by atoms with Gasteiger partial charge < -0.3 is 9.64 Å². The van der Waals surface area contributed by atoms with Gasteiger partial charge in [0.15, 0.2) is 0 Å². The fraction of sp³-hybridized carbons (Fsp3) is 0.333. The summed E-state index contributed by atoms with van der Waals surface area (Å²) in [5.41, 5.74) is 1.46. The van der Waals surface area contributed by atoms with Crippen molar-refractivity contribution < 1.29 is 14.3 Å². The number of ether oxygens (including phenoxy) is 1. The molecule has 1 aromatic heterocycles. The smallest absolute Gasteiger partial charge is 0.330 e. The quantitative estimate of drug-likeness (QED) is 0.482. The van der Waals surface area contributed by atoms with E-state index in [0.29, 0.717) is 12.3 Å². The average molecular weight is 314 g/mol. The Morgan fingerprint density at radius 2 is 2.00 bits per heavy atom. The zero-order valence-corrected chi connectivity index (χ0v) is 13.8. The molecule has 0 unspecified atom stereocenters. The largest absolute Gasteiger partial charge is 0.463 e. The third-order valence-electron chi connectivity index (χ3n) is 3.45. The molecule has 0 atom stereocenters. The first kappa shape index (κ1) is 16.8. The predicted octanol–water partition coefficient (Wildman–Crippen LogP) is 3.53. The summed E-state index contributed by atoms with van der Waals surface area (Å²) in [7, 11) is 3.40. The van der Waals surface area contributed by atoms with Crippen LogP contribution in [0.5, 0.6) is 0 Å². The van der Waals surface area contributed by atoms with Crippen molar-refractivity contribution in [2.45, 2.75) is 19.8 Å². The molecule has 0 aliphatic rings. The topological polar surface area (TPSA) is 51.5 Å². The van der Waals surface area contributed by atoms with Gasteiger partial charge in [0.1, 0.15) is 0 Å². The van der Waals surface area contributed by atoms with E-state index >= 15 is 0 Å². The van der Waals surface area contributed by atoms with E-state index in [0.717, 1.165) is 23.7 Å². The predicted molar refractivity (Wildman–Crippen MR) is 91.3 cm³/mol. The Morgan fingerprint density at radius 3 is 2.70 bits per heavy atom. The molecule has 0 fully saturated rings. The first-order valence-electron chi connectivity index (χ1n) is 7.71. The maximum atomic E-state index is 12.4. The molecule has 23 heavy (non-hydrogen) atoms. The second-order valence-corrected chi connectivity index (χ2v) is 5.49. The molecule has 0 saturated carbocycles. The summed E-state index contributed by atoms with van der Waals surface area (Å²) < 4.78 is 6.68. The first-order valence-corrected chi connectivity index (χ1v) is 7.71. The van der Waals surface area contributed by atoms with Gasteiger partial charge in [0.25, 0.3) is 0 Å². The molecule has 0 spiro atoms. The molecular formula is C18H22N2O3. The summed E-state index contributed by atoms with van der Waals surface area (Å²) in [5, 5.41) is 0.946. The molecule has 1 heterocycles. The lowest BCUT2D eigenvalue weighted by atomic mass is 10.2. The Labute approximate surface area is 136 Å². The number of carbonyl (C=O) groups excluding carboxylic acids is 2. The molecule has 1 aromatic carbocycles. The molecular weight excluding hydrogens is 292 g/mol. The van der Waals surface area contributed by atoms with Gasteiger partial charge in [-0.2, -0.15) is 0 Å². The van der Waals surface area contributed by atoms with Crippen LogP contribution < -0.4 is 0 Å². The van der Waals surface area contributed by atoms with Crippen LogP contribution in [0.2, 0.25) is 0 Å². The monoisotopic (exact) mass is 314 g/mol. The van der Waals surface area contributed by atoms with Gasteiger partial charge >= 0.3 is 12.0 Å². The van der Waals surface area contributed by atoms with Crippen LogP contribution >= 0.6 is 0 Å². The Bertz CT molecular complexity index is 729. The molecule has 1 amide bonds. The summed E-state index contributed by atoms with van der Waals surface area (Å²) in [6, 6.07) is 9.34. The van der Waals surface area contributed by atoms with E-state index in [9.17, 15) is 9.59 Å². The molecule has 2 rings (SSSR count). The number of carbonyl (C=O) groups is 2. The number of aromatic nitrogens is 1. The maximum absolute atomic E-state index is 12.4. The molecule has 0 N–H and O–H groups in total. The zero-order valence-electron chi connectivity index (χ0n) is 13.8. The van der Waals surface area contributed by atoms with Gasteiger partial charge in [0.05, 0.1) is 17.8 Å². The van der Waals surface area contributed by atoms with E-state index in [4.69, 9.17) is 4.74 Å². The van der Waals surface area contributed by atoms with Crippen LogP contribution in [0.4, 0.5) is 4.79 Å². The minimum absolute atomic E-state index is 0.162. The summed E-state index contributed by atoms with van der Waals surface area (Å²) >= 11 is 0. The van der Waals surface area contributed by atoms with Gasteiger partial charge in [-0.25, -0.2) is 9.59 Å². The third-order valence-corrected chi connectivity index (χ3v) is 3.45. The molecule has 122 valence electrons. The van der Waals surface area contributed by atoms with Crippen molar-refractivity contribution in [3.63, 3.8) is 0 Å². The Morgan fingerprint density at radius 1 is 1.26 bits per heavy atom. The van der Waals surface area contributed by atoms with Gasteiger partial charge in [-0.05, 0) is 24.6 Å². The fourth-order valence-corrected chi connectivity index (χ4v) is 2.23. The summed E-state index contributed by atoms with van der Waals surface area (Å²) in [6.45, 7) is 2.45.